The van der Waals surface area contributed by atoms with E-state index in [9.17, 15) is 9.59 Å². The highest BCUT2D eigenvalue weighted by Gasteiger charge is 2.45. The Hall–Kier alpha value is -3.33. The Morgan fingerprint density at radius 1 is 1.19 bits per heavy atom. The van der Waals surface area contributed by atoms with Crippen LogP contribution in [0.1, 0.15) is 25.1 Å². The molecule has 1 N–H and O–H groups in total. The normalized spacial score (nSPS) is 14.6. The maximum atomic E-state index is 13.2. The summed E-state index contributed by atoms with van der Waals surface area (Å²) in [7, 11) is 3.12. The van der Waals surface area contributed by atoms with E-state index in [1.54, 1.807) is 29.9 Å². The number of carbonyl (C=O) groups is 1. The number of nitrogens with zero attached hydrogens (tertiary/aromatic N) is 3. The molecule has 31 heavy (non-hydrogen) atoms. The molecule has 1 aliphatic rings. The summed E-state index contributed by atoms with van der Waals surface area (Å²) >= 11 is 1.33. The number of aromatic nitrogens is 3. The van der Waals surface area contributed by atoms with Gasteiger partial charge in [0.2, 0.25) is 11.1 Å². The van der Waals surface area contributed by atoms with E-state index < -0.39 is 6.17 Å². The molecule has 8 nitrogen and oxygen atoms in total. The van der Waals surface area contributed by atoms with Crippen LogP contribution in [0.25, 0.3) is 11.3 Å². The first-order valence-electron chi connectivity index (χ1n) is 9.77. The molecule has 9 heteroatoms. The van der Waals surface area contributed by atoms with Gasteiger partial charge in [-0.05, 0) is 41.3 Å². The molecule has 2 heterocycles. The predicted octanol–water partition coefficient (Wildman–Crippen LogP) is 2.77. The Morgan fingerprint density at radius 2 is 1.94 bits per heavy atom. The first kappa shape index (κ1) is 20.9. The fraction of sp³-hybridized carbons (Fsp3) is 0.273. The number of hydrogen-bond acceptors (Lipinski definition) is 6. The Bertz CT molecular complexity index is 1210. The molecule has 1 atom stereocenters. The van der Waals surface area contributed by atoms with Gasteiger partial charge in [0.15, 0.2) is 11.5 Å². The standard InChI is InChI=1S/C22H22N4O4S/c1-5-18(27)25-15-9-7-6-8-14(15)19-20(28)23-22(31-4)24-26(19)21(25)13-10-11-16(29-2)17(12-13)30-3/h6-12,21H,5H2,1-4H3/p+1/t21-/m1/s1. The van der Waals surface area contributed by atoms with Gasteiger partial charge in [-0.2, -0.15) is 0 Å². The van der Waals surface area contributed by atoms with Gasteiger partial charge in [0.25, 0.3) is 6.17 Å². The summed E-state index contributed by atoms with van der Waals surface area (Å²) in [5.74, 6) is 1.02. The molecule has 0 unspecified atom stereocenters. The lowest BCUT2D eigenvalue weighted by atomic mass is 10.0. The van der Waals surface area contributed by atoms with Gasteiger partial charge in [-0.25, -0.2) is 4.90 Å². The number of aromatic amines is 1. The number of para-hydroxylation sites is 1. The zero-order valence-electron chi connectivity index (χ0n) is 17.7. The molecule has 0 radical (unpaired) electrons. The zero-order valence-corrected chi connectivity index (χ0v) is 18.5. The predicted molar refractivity (Wildman–Crippen MR) is 118 cm³/mol. The second-order valence-corrected chi connectivity index (χ2v) is 7.67. The van der Waals surface area contributed by atoms with Crippen molar-refractivity contribution in [2.45, 2.75) is 24.7 Å². The molecule has 0 bridgehead atoms. The van der Waals surface area contributed by atoms with Crippen molar-refractivity contribution in [1.82, 2.24) is 10.1 Å². The van der Waals surface area contributed by atoms with Gasteiger partial charge in [0.1, 0.15) is 0 Å². The topological polar surface area (TPSA) is 88.4 Å². The van der Waals surface area contributed by atoms with Crippen LogP contribution in [0, 0.1) is 0 Å². The van der Waals surface area contributed by atoms with Gasteiger partial charge in [0.05, 0.1) is 25.5 Å². The summed E-state index contributed by atoms with van der Waals surface area (Å²) in [5.41, 5.74) is 2.19. The number of H-pyrrole nitrogens is 1. The molecular formula is C22H23N4O4S+. The van der Waals surface area contributed by atoms with Gasteiger partial charge >= 0.3 is 11.3 Å². The molecule has 1 amide bonds. The molecule has 0 saturated carbocycles. The Labute approximate surface area is 183 Å². The van der Waals surface area contributed by atoms with Crippen molar-refractivity contribution in [3.63, 3.8) is 0 Å². The number of amides is 1. The number of anilines is 1. The Morgan fingerprint density at radius 3 is 2.61 bits per heavy atom. The van der Waals surface area contributed by atoms with E-state index in [1.165, 1.54) is 11.8 Å². The lowest BCUT2D eigenvalue weighted by Gasteiger charge is -2.32. The lowest BCUT2D eigenvalue weighted by Crippen LogP contribution is -2.60. The summed E-state index contributed by atoms with van der Waals surface area (Å²) in [4.78, 5) is 30.8. The van der Waals surface area contributed by atoms with Crippen LogP contribution in [0.4, 0.5) is 5.69 Å². The van der Waals surface area contributed by atoms with Crippen LogP contribution < -0.4 is 24.6 Å². The van der Waals surface area contributed by atoms with Crippen LogP contribution in [-0.2, 0) is 4.79 Å². The maximum Gasteiger partial charge on any atom is 0.325 e. The second kappa shape index (κ2) is 8.43. The molecule has 160 valence electrons. The Kier molecular flexibility index (Phi) is 5.69. The van der Waals surface area contributed by atoms with Gasteiger partial charge in [-0.15, -0.1) is 0 Å². The van der Waals surface area contributed by atoms with Gasteiger partial charge < -0.3 is 9.47 Å². The minimum atomic E-state index is -0.662. The average Bonchev–Trinajstić information content (AvgIpc) is 2.81. The maximum absolute atomic E-state index is 13.2. The fourth-order valence-electron chi connectivity index (χ4n) is 3.82. The summed E-state index contributed by atoms with van der Waals surface area (Å²) < 4.78 is 12.5. The van der Waals surface area contributed by atoms with Crippen LogP contribution in [-0.4, -0.2) is 36.5 Å². The number of benzene rings is 2. The van der Waals surface area contributed by atoms with Crippen LogP contribution in [0.3, 0.4) is 0 Å². The van der Waals surface area contributed by atoms with E-state index in [0.717, 1.165) is 5.56 Å². The van der Waals surface area contributed by atoms with Gasteiger partial charge in [0, 0.05) is 17.1 Å². The van der Waals surface area contributed by atoms with Crippen molar-refractivity contribution >= 4 is 23.4 Å². The minimum Gasteiger partial charge on any atom is -0.493 e. The SMILES string of the molecule is CCC(=O)N1c2ccccc2-c2c(=O)[nH]c(SC)n[n+]2[C@@H]1c1ccc(OC)c(OC)c1. The molecular weight excluding hydrogens is 416 g/mol. The number of fused-ring (bicyclic) bond motifs is 3. The summed E-state index contributed by atoms with van der Waals surface area (Å²) in [5, 5.41) is 5.13. The van der Waals surface area contributed by atoms with E-state index in [-0.39, 0.29) is 11.5 Å². The smallest absolute Gasteiger partial charge is 0.325 e. The largest absolute Gasteiger partial charge is 0.493 e. The molecule has 0 spiro atoms. The highest BCUT2D eigenvalue weighted by atomic mass is 32.2. The highest BCUT2D eigenvalue weighted by molar-refractivity contribution is 7.98. The van der Waals surface area contributed by atoms with E-state index >= 15 is 0 Å². The molecule has 1 aromatic heterocycles. The molecule has 2 aromatic carbocycles. The number of methoxy groups -OCH3 is 2. The monoisotopic (exact) mass is 439 g/mol. The van der Waals surface area contributed by atoms with Gasteiger partial charge in [-0.1, -0.05) is 30.8 Å². The first-order valence-corrected chi connectivity index (χ1v) is 11.0. The number of ether oxygens (including phenoxy) is 2. The molecule has 4 rings (SSSR count). The van der Waals surface area contributed by atoms with Crippen molar-refractivity contribution in [1.29, 1.82) is 0 Å². The van der Waals surface area contributed by atoms with Crippen LogP contribution in [0.5, 0.6) is 11.5 Å². The summed E-state index contributed by atoms with van der Waals surface area (Å²) in [6.07, 6.45) is 1.47. The van der Waals surface area contributed by atoms with Crippen LogP contribution in [0.2, 0.25) is 0 Å². The number of carbonyl (C=O) groups excluding carboxylic acids is 1. The zero-order chi connectivity index (χ0) is 22.1. The van der Waals surface area contributed by atoms with E-state index in [1.807, 2.05) is 49.6 Å². The number of nitrogens with one attached hydrogen (secondary N) is 1. The van der Waals surface area contributed by atoms with Crippen molar-refractivity contribution in [2.75, 3.05) is 25.4 Å². The molecule has 0 fully saturated rings. The van der Waals surface area contributed by atoms with Crippen LogP contribution in [0.15, 0.2) is 52.4 Å². The number of rotatable bonds is 5. The van der Waals surface area contributed by atoms with Crippen molar-refractivity contribution < 1.29 is 19.0 Å². The summed E-state index contributed by atoms with van der Waals surface area (Å²) in [6, 6.07) is 12.8. The van der Waals surface area contributed by atoms with Crippen molar-refractivity contribution in [3.8, 4) is 22.8 Å². The third kappa shape index (κ3) is 3.44. The molecule has 1 aliphatic heterocycles. The first-order chi connectivity index (χ1) is 15.0. The lowest BCUT2D eigenvalue weighted by molar-refractivity contribution is -0.763. The number of hydrogen-bond donors (Lipinski definition) is 1. The molecule has 0 aliphatic carbocycles. The molecule has 0 saturated heterocycles. The van der Waals surface area contributed by atoms with E-state index in [2.05, 4.69) is 10.1 Å². The van der Waals surface area contributed by atoms with Gasteiger partial charge in [-0.3, -0.25) is 14.6 Å². The number of thioether (sulfide) groups is 1. The highest BCUT2D eigenvalue weighted by Crippen LogP contribution is 2.39. The average molecular weight is 440 g/mol. The molecule has 3 aromatic rings. The van der Waals surface area contributed by atoms with Crippen molar-refractivity contribution in [3.05, 3.63) is 58.4 Å². The van der Waals surface area contributed by atoms with E-state index in [4.69, 9.17) is 9.47 Å². The third-order valence-corrected chi connectivity index (χ3v) is 5.80. The third-order valence-electron chi connectivity index (χ3n) is 5.23. The quantitative estimate of drug-likeness (QED) is 0.486. The fourth-order valence-corrected chi connectivity index (χ4v) is 4.18. The minimum absolute atomic E-state index is 0.0850. The van der Waals surface area contributed by atoms with E-state index in [0.29, 0.717) is 40.0 Å². The van der Waals surface area contributed by atoms with Crippen molar-refractivity contribution in [2.24, 2.45) is 0 Å². The van der Waals surface area contributed by atoms with Crippen LogP contribution >= 0.6 is 11.8 Å². The summed E-state index contributed by atoms with van der Waals surface area (Å²) in [6.45, 7) is 1.81. The Balaban J connectivity index is 2.06. The second-order valence-electron chi connectivity index (χ2n) is 6.88.